The summed E-state index contributed by atoms with van der Waals surface area (Å²) in [5, 5.41) is 3.20. The molecule has 2 saturated heterocycles. The van der Waals surface area contributed by atoms with Gasteiger partial charge in [0, 0.05) is 30.2 Å². The second-order valence-corrected chi connectivity index (χ2v) is 6.76. The Morgan fingerprint density at radius 3 is 2.67 bits per heavy atom. The van der Waals surface area contributed by atoms with Crippen molar-refractivity contribution >= 4 is 29.2 Å². The van der Waals surface area contributed by atoms with Crippen molar-refractivity contribution in [3.8, 4) is 0 Å². The number of benzene rings is 1. The van der Waals surface area contributed by atoms with Gasteiger partial charge in [0.1, 0.15) is 12.2 Å². The molecule has 2 fully saturated rings. The fourth-order valence-electron chi connectivity index (χ4n) is 3.33. The van der Waals surface area contributed by atoms with E-state index in [-0.39, 0.29) is 18.9 Å². The molecule has 3 amide bonds. The third kappa shape index (κ3) is 3.80. The molecular formula is C17H21ClFN3O2. The summed E-state index contributed by atoms with van der Waals surface area (Å²) in [5.41, 5.74) is 0.527. The molecule has 0 aromatic heterocycles. The molecule has 2 atom stereocenters. The van der Waals surface area contributed by atoms with Crippen molar-refractivity contribution in [1.82, 2.24) is 9.80 Å². The first-order valence-electron chi connectivity index (χ1n) is 8.30. The van der Waals surface area contributed by atoms with Crippen LogP contribution in [0.5, 0.6) is 0 Å². The number of rotatable bonds is 2. The second kappa shape index (κ2) is 7.38. The van der Waals surface area contributed by atoms with Crippen molar-refractivity contribution in [2.75, 3.05) is 25.0 Å². The average Bonchev–Trinajstić information content (AvgIpc) is 2.97. The van der Waals surface area contributed by atoms with Gasteiger partial charge in [-0.15, -0.1) is 0 Å². The van der Waals surface area contributed by atoms with Crippen LogP contribution in [0.15, 0.2) is 24.3 Å². The Labute approximate surface area is 145 Å². The van der Waals surface area contributed by atoms with Gasteiger partial charge in [-0.25, -0.2) is 9.18 Å². The van der Waals surface area contributed by atoms with E-state index >= 15 is 0 Å². The molecule has 2 aliphatic heterocycles. The van der Waals surface area contributed by atoms with Crippen molar-refractivity contribution in [3.05, 3.63) is 29.3 Å². The summed E-state index contributed by atoms with van der Waals surface area (Å²) in [6.07, 6.45) is 1.93. The van der Waals surface area contributed by atoms with Gasteiger partial charge < -0.3 is 15.1 Å². The van der Waals surface area contributed by atoms with E-state index < -0.39 is 18.2 Å². The Balaban J connectivity index is 1.69. The van der Waals surface area contributed by atoms with Gasteiger partial charge in [0.15, 0.2) is 0 Å². The van der Waals surface area contributed by atoms with Crippen LogP contribution in [-0.4, -0.2) is 53.6 Å². The fourth-order valence-corrected chi connectivity index (χ4v) is 3.52. The normalized spacial score (nSPS) is 24.1. The summed E-state index contributed by atoms with van der Waals surface area (Å²) >= 11 is 5.91. The quantitative estimate of drug-likeness (QED) is 0.887. The number of hydrogen-bond acceptors (Lipinski definition) is 2. The van der Waals surface area contributed by atoms with Crippen molar-refractivity contribution in [2.24, 2.45) is 0 Å². The average molecular weight is 354 g/mol. The molecule has 1 aromatic carbocycles. The highest BCUT2D eigenvalue weighted by atomic mass is 35.5. The van der Waals surface area contributed by atoms with Crippen LogP contribution in [-0.2, 0) is 4.79 Å². The van der Waals surface area contributed by atoms with E-state index in [0.717, 1.165) is 19.3 Å². The van der Waals surface area contributed by atoms with E-state index in [1.807, 2.05) is 0 Å². The first kappa shape index (κ1) is 17.0. The zero-order valence-corrected chi connectivity index (χ0v) is 14.1. The Kier molecular flexibility index (Phi) is 5.23. The predicted octanol–water partition coefficient (Wildman–Crippen LogP) is 3.30. The summed E-state index contributed by atoms with van der Waals surface area (Å²) in [6, 6.07) is 5.55. The number of alkyl halides is 1. The van der Waals surface area contributed by atoms with Crippen LogP contribution in [0.4, 0.5) is 14.9 Å². The zero-order valence-electron chi connectivity index (χ0n) is 13.4. The second-order valence-electron chi connectivity index (χ2n) is 6.33. The van der Waals surface area contributed by atoms with Crippen molar-refractivity contribution in [2.45, 2.75) is 37.9 Å². The minimum atomic E-state index is -1.17. The molecule has 0 radical (unpaired) electrons. The summed E-state index contributed by atoms with van der Waals surface area (Å²) in [6.45, 7) is 1.32. The largest absolute Gasteiger partial charge is 0.341 e. The highest BCUT2D eigenvalue weighted by Gasteiger charge is 2.41. The number of amides is 3. The van der Waals surface area contributed by atoms with Crippen LogP contribution in [0.25, 0.3) is 0 Å². The number of piperidine rings is 1. The Morgan fingerprint density at radius 2 is 1.96 bits per heavy atom. The van der Waals surface area contributed by atoms with Crippen LogP contribution in [0.1, 0.15) is 25.7 Å². The van der Waals surface area contributed by atoms with Gasteiger partial charge in [-0.05, 0) is 37.5 Å². The van der Waals surface area contributed by atoms with E-state index in [2.05, 4.69) is 5.32 Å². The van der Waals surface area contributed by atoms with Gasteiger partial charge in [0.05, 0.1) is 6.54 Å². The molecule has 1 aromatic rings. The van der Waals surface area contributed by atoms with Crippen LogP contribution in [0.3, 0.4) is 0 Å². The van der Waals surface area contributed by atoms with Crippen molar-refractivity contribution < 1.29 is 14.0 Å². The molecule has 7 heteroatoms. The molecule has 0 bridgehead atoms. The molecule has 0 aliphatic carbocycles. The van der Waals surface area contributed by atoms with Gasteiger partial charge in [0.2, 0.25) is 5.91 Å². The first-order valence-corrected chi connectivity index (χ1v) is 8.68. The lowest BCUT2D eigenvalue weighted by molar-refractivity contribution is -0.136. The number of nitrogens with one attached hydrogen (secondary N) is 1. The molecule has 2 aliphatic rings. The molecule has 0 unspecified atom stereocenters. The zero-order chi connectivity index (χ0) is 17.1. The summed E-state index contributed by atoms with van der Waals surface area (Å²) < 4.78 is 13.9. The lowest BCUT2D eigenvalue weighted by atomic mass is 10.1. The molecule has 1 N–H and O–H groups in total. The number of halogens is 2. The van der Waals surface area contributed by atoms with E-state index in [1.165, 1.54) is 4.90 Å². The molecule has 5 nitrogen and oxygen atoms in total. The SMILES string of the molecule is O=C([C@@H]1C[C@H](F)CN1C(=O)Nc1cccc(Cl)c1)N1CCCCC1. The summed E-state index contributed by atoms with van der Waals surface area (Å²) in [4.78, 5) is 28.3. The summed E-state index contributed by atoms with van der Waals surface area (Å²) in [5.74, 6) is -0.143. The lowest BCUT2D eigenvalue weighted by Gasteiger charge is -2.32. The Morgan fingerprint density at radius 1 is 1.21 bits per heavy atom. The van der Waals surface area contributed by atoms with Crippen LogP contribution in [0.2, 0.25) is 5.02 Å². The van der Waals surface area contributed by atoms with Gasteiger partial charge in [-0.2, -0.15) is 0 Å². The predicted molar refractivity (Wildman–Crippen MR) is 90.9 cm³/mol. The Hall–Kier alpha value is -1.82. The number of anilines is 1. The smallest absolute Gasteiger partial charge is 0.322 e. The number of carbonyl (C=O) groups excluding carboxylic acids is 2. The molecule has 3 rings (SSSR count). The minimum Gasteiger partial charge on any atom is -0.341 e. The fraction of sp³-hybridized carbons (Fsp3) is 0.529. The molecule has 0 spiro atoms. The number of urea groups is 1. The number of carbonyl (C=O) groups is 2. The van der Waals surface area contributed by atoms with Gasteiger partial charge in [0.25, 0.3) is 0 Å². The number of nitrogens with zero attached hydrogens (tertiary/aromatic N) is 2. The molecule has 130 valence electrons. The highest BCUT2D eigenvalue weighted by Crippen LogP contribution is 2.25. The maximum Gasteiger partial charge on any atom is 0.322 e. The first-order chi connectivity index (χ1) is 11.5. The Bertz CT molecular complexity index is 622. The molecule has 2 heterocycles. The van der Waals surface area contributed by atoms with Gasteiger partial charge >= 0.3 is 6.03 Å². The van der Waals surface area contributed by atoms with Gasteiger partial charge in [-0.1, -0.05) is 17.7 Å². The molecule has 0 saturated carbocycles. The topological polar surface area (TPSA) is 52.7 Å². The molecular weight excluding hydrogens is 333 g/mol. The van der Waals surface area contributed by atoms with Crippen molar-refractivity contribution in [3.63, 3.8) is 0 Å². The number of likely N-dealkylation sites (tertiary alicyclic amines) is 2. The van der Waals surface area contributed by atoms with E-state index in [4.69, 9.17) is 11.6 Å². The summed E-state index contributed by atoms with van der Waals surface area (Å²) in [7, 11) is 0. The highest BCUT2D eigenvalue weighted by molar-refractivity contribution is 6.30. The van der Waals surface area contributed by atoms with Gasteiger partial charge in [-0.3, -0.25) is 4.79 Å². The standard InChI is InChI=1S/C17H21ClFN3O2/c18-12-5-4-6-14(9-12)20-17(24)22-11-13(19)10-15(22)16(23)21-7-2-1-3-8-21/h4-6,9,13,15H,1-3,7-8,10-11H2,(H,20,24)/t13-,15-/m0/s1. The van der Waals surface area contributed by atoms with Crippen LogP contribution in [0, 0.1) is 0 Å². The minimum absolute atomic E-state index is 0.0589. The van der Waals surface area contributed by atoms with Crippen molar-refractivity contribution in [1.29, 1.82) is 0 Å². The maximum atomic E-state index is 13.9. The van der Waals surface area contributed by atoms with Crippen LogP contribution >= 0.6 is 11.6 Å². The third-order valence-corrected chi connectivity index (χ3v) is 4.77. The van der Waals surface area contributed by atoms with E-state index in [1.54, 1.807) is 29.2 Å². The number of hydrogen-bond donors (Lipinski definition) is 1. The van der Waals surface area contributed by atoms with E-state index in [9.17, 15) is 14.0 Å². The van der Waals surface area contributed by atoms with E-state index in [0.29, 0.717) is 23.8 Å². The monoisotopic (exact) mass is 353 g/mol. The maximum absolute atomic E-state index is 13.9. The third-order valence-electron chi connectivity index (χ3n) is 4.54. The lowest BCUT2D eigenvalue weighted by Crippen LogP contribution is -2.50. The molecule has 24 heavy (non-hydrogen) atoms. The van der Waals surface area contributed by atoms with Crippen LogP contribution < -0.4 is 5.32 Å².